The van der Waals surface area contributed by atoms with Crippen molar-refractivity contribution in [2.75, 3.05) is 18.8 Å². The van der Waals surface area contributed by atoms with E-state index in [1.165, 1.54) is 18.1 Å². The third-order valence-electron chi connectivity index (χ3n) is 3.67. The maximum atomic E-state index is 12.4. The quantitative estimate of drug-likeness (QED) is 0.607. The molecule has 1 amide bonds. The highest BCUT2D eigenvalue weighted by Crippen LogP contribution is 2.23. The Kier molecular flexibility index (Phi) is 4.76. The lowest BCUT2D eigenvalue weighted by Gasteiger charge is -2.35. The third kappa shape index (κ3) is 3.45. The summed E-state index contributed by atoms with van der Waals surface area (Å²) in [5, 5.41) is 8.87. The lowest BCUT2D eigenvalue weighted by Crippen LogP contribution is -2.48. The largest absolute Gasteiger partial charge is 0.372 e. The zero-order valence-electron chi connectivity index (χ0n) is 13.5. The number of carbonyl (C=O) groups excluding carboxylic acids is 1. The summed E-state index contributed by atoms with van der Waals surface area (Å²) in [6, 6.07) is 0. The lowest BCUT2D eigenvalue weighted by atomic mass is 10.2. The molecule has 8 nitrogen and oxygen atoms in total. The molecule has 2 atom stereocenters. The minimum atomic E-state index is 0.0721. The van der Waals surface area contributed by atoms with E-state index in [0.717, 1.165) is 0 Å². The first-order valence-electron chi connectivity index (χ1n) is 7.68. The topological polar surface area (TPSA) is 86.0 Å². The molecule has 0 bridgehead atoms. The maximum Gasteiger partial charge on any atom is 0.233 e. The van der Waals surface area contributed by atoms with Crippen molar-refractivity contribution in [2.45, 2.75) is 44.5 Å². The number of morpholine rings is 1. The molecule has 0 saturated carbocycles. The van der Waals surface area contributed by atoms with Gasteiger partial charge in [0.1, 0.15) is 11.4 Å². The first-order valence-corrected chi connectivity index (χ1v) is 8.67. The second-order valence-electron chi connectivity index (χ2n) is 5.60. The van der Waals surface area contributed by atoms with Gasteiger partial charge >= 0.3 is 0 Å². The van der Waals surface area contributed by atoms with Crippen LogP contribution in [-0.4, -0.2) is 66.8 Å². The molecule has 1 fully saturated rings. The van der Waals surface area contributed by atoms with Crippen molar-refractivity contribution < 1.29 is 9.53 Å². The van der Waals surface area contributed by atoms with Crippen molar-refractivity contribution in [1.29, 1.82) is 0 Å². The van der Waals surface area contributed by atoms with E-state index in [-0.39, 0.29) is 18.1 Å². The van der Waals surface area contributed by atoms with Gasteiger partial charge < -0.3 is 9.64 Å². The first kappa shape index (κ1) is 16.1. The summed E-state index contributed by atoms with van der Waals surface area (Å²) in [7, 11) is 0. The Balaban J connectivity index is 1.68. The van der Waals surface area contributed by atoms with E-state index in [1.54, 1.807) is 4.68 Å². The highest BCUT2D eigenvalue weighted by atomic mass is 32.2. The normalized spacial score (nSPS) is 21.8. The van der Waals surface area contributed by atoms with Gasteiger partial charge in [0.25, 0.3) is 0 Å². The van der Waals surface area contributed by atoms with E-state index in [0.29, 0.717) is 41.6 Å². The number of fused-ring (bicyclic) bond motifs is 1. The van der Waals surface area contributed by atoms with Gasteiger partial charge in [-0.3, -0.25) is 4.79 Å². The summed E-state index contributed by atoms with van der Waals surface area (Å²) in [6.45, 7) is 7.91. The molecule has 0 unspecified atom stereocenters. The molecule has 124 valence electrons. The molecule has 0 aromatic carbocycles. The standard InChI is InChI=1S/C14H20N6O2S/c1-4-20-13-12(17-18-20)14(16-8-15-13)23-7-11(21)19-5-9(2)22-10(3)6-19/h8-10H,4-7H2,1-3H3/t9-,10-/m1/s1. The molecule has 1 aliphatic rings. The molecule has 3 heterocycles. The van der Waals surface area contributed by atoms with E-state index < -0.39 is 0 Å². The van der Waals surface area contributed by atoms with E-state index >= 15 is 0 Å². The molecule has 0 spiro atoms. The molecule has 0 aliphatic carbocycles. The maximum absolute atomic E-state index is 12.4. The number of amides is 1. The van der Waals surface area contributed by atoms with Crippen molar-refractivity contribution in [3.8, 4) is 0 Å². The monoisotopic (exact) mass is 336 g/mol. The van der Waals surface area contributed by atoms with Gasteiger partial charge in [-0.1, -0.05) is 17.0 Å². The van der Waals surface area contributed by atoms with Crippen LogP contribution in [0.3, 0.4) is 0 Å². The van der Waals surface area contributed by atoms with Gasteiger partial charge in [0.2, 0.25) is 5.91 Å². The van der Waals surface area contributed by atoms with Crippen LogP contribution >= 0.6 is 11.8 Å². The third-order valence-corrected chi connectivity index (χ3v) is 4.63. The zero-order valence-corrected chi connectivity index (χ0v) is 14.3. The molecular weight excluding hydrogens is 316 g/mol. The van der Waals surface area contributed by atoms with Crippen LogP contribution in [0.5, 0.6) is 0 Å². The van der Waals surface area contributed by atoms with E-state index in [2.05, 4.69) is 20.3 Å². The molecule has 2 aromatic rings. The average Bonchev–Trinajstić information content (AvgIpc) is 2.95. The lowest BCUT2D eigenvalue weighted by molar-refractivity contribution is -0.140. The van der Waals surface area contributed by atoms with Gasteiger partial charge in [0.15, 0.2) is 11.2 Å². The van der Waals surface area contributed by atoms with Gasteiger partial charge in [0, 0.05) is 19.6 Å². The summed E-state index contributed by atoms with van der Waals surface area (Å²) in [5.74, 6) is 0.413. The van der Waals surface area contributed by atoms with Crippen LogP contribution in [0.4, 0.5) is 0 Å². The van der Waals surface area contributed by atoms with Crippen LogP contribution in [0.2, 0.25) is 0 Å². The van der Waals surface area contributed by atoms with Crippen LogP contribution in [0, 0.1) is 0 Å². The van der Waals surface area contributed by atoms with Gasteiger partial charge in [-0.15, -0.1) is 5.10 Å². The Morgan fingerprint density at radius 2 is 2.09 bits per heavy atom. The van der Waals surface area contributed by atoms with Gasteiger partial charge in [-0.2, -0.15) is 0 Å². The molecule has 3 rings (SSSR count). The Morgan fingerprint density at radius 3 is 2.78 bits per heavy atom. The Labute approximate surface area is 138 Å². The molecule has 23 heavy (non-hydrogen) atoms. The fourth-order valence-corrected chi connectivity index (χ4v) is 3.53. The van der Waals surface area contributed by atoms with Crippen LogP contribution < -0.4 is 0 Å². The number of carbonyl (C=O) groups is 1. The van der Waals surface area contributed by atoms with Crippen LogP contribution in [-0.2, 0) is 16.1 Å². The van der Waals surface area contributed by atoms with Crippen molar-refractivity contribution >= 4 is 28.8 Å². The van der Waals surface area contributed by atoms with Gasteiger partial charge in [-0.25, -0.2) is 14.6 Å². The Morgan fingerprint density at radius 1 is 1.35 bits per heavy atom. The number of nitrogens with zero attached hydrogens (tertiary/aromatic N) is 6. The SMILES string of the molecule is CCn1nnc2c(SCC(=O)N3C[C@@H](C)O[C@H](C)C3)ncnc21. The Hall–Kier alpha value is -1.74. The summed E-state index contributed by atoms with van der Waals surface area (Å²) >= 11 is 1.38. The molecule has 0 radical (unpaired) electrons. The number of hydrogen-bond acceptors (Lipinski definition) is 7. The predicted molar refractivity (Wildman–Crippen MR) is 86.1 cm³/mol. The number of hydrogen-bond donors (Lipinski definition) is 0. The molecular formula is C14H20N6O2S. The van der Waals surface area contributed by atoms with Crippen molar-refractivity contribution in [3.63, 3.8) is 0 Å². The fourth-order valence-electron chi connectivity index (χ4n) is 2.69. The molecule has 0 N–H and O–H groups in total. The van der Waals surface area contributed by atoms with Crippen molar-refractivity contribution in [2.24, 2.45) is 0 Å². The van der Waals surface area contributed by atoms with E-state index in [9.17, 15) is 4.79 Å². The minimum absolute atomic E-state index is 0.0721. The number of thioether (sulfide) groups is 1. The predicted octanol–water partition coefficient (Wildman–Crippen LogP) is 0.969. The molecule has 1 saturated heterocycles. The van der Waals surface area contributed by atoms with E-state index in [4.69, 9.17) is 4.74 Å². The summed E-state index contributed by atoms with van der Waals surface area (Å²) in [4.78, 5) is 22.7. The van der Waals surface area contributed by atoms with Crippen molar-refractivity contribution in [3.05, 3.63) is 6.33 Å². The summed E-state index contributed by atoms with van der Waals surface area (Å²) < 4.78 is 7.38. The number of aryl methyl sites for hydroxylation is 1. The smallest absolute Gasteiger partial charge is 0.233 e. The fraction of sp³-hybridized carbons (Fsp3) is 0.643. The summed E-state index contributed by atoms with van der Waals surface area (Å²) in [5.41, 5.74) is 1.35. The first-order chi connectivity index (χ1) is 11.1. The molecule has 9 heteroatoms. The Bertz CT molecular complexity index is 696. The highest BCUT2D eigenvalue weighted by molar-refractivity contribution is 8.00. The number of rotatable bonds is 4. The molecule has 1 aliphatic heterocycles. The highest BCUT2D eigenvalue weighted by Gasteiger charge is 2.26. The van der Waals surface area contributed by atoms with Gasteiger partial charge in [0.05, 0.1) is 18.0 Å². The second kappa shape index (κ2) is 6.79. The van der Waals surface area contributed by atoms with Gasteiger partial charge in [-0.05, 0) is 20.8 Å². The van der Waals surface area contributed by atoms with Crippen LogP contribution in [0.25, 0.3) is 11.2 Å². The zero-order chi connectivity index (χ0) is 16.4. The minimum Gasteiger partial charge on any atom is -0.372 e. The number of ether oxygens (including phenoxy) is 1. The van der Waals surface area contributed by atoms with Crippen LogP contribution in [0.15, 0.2) is 11.4 Å². The second-order valence-corrected chi connectivity index (χ2v) is 6.57. The van der Waals surface area contributed by atoms with E-state index in [1.807, 2.05) is 25.7 Å². The van der Waals surface area contributed by atoms with Crippen molar-refractivity contribution in [1.82, 2.24) is 29.9 Å². The average molecular weight is 336 g/mol. The summed E-state index contributed by atoms with van der Waals surface area (Å²) in [6.07, 6.45) is 1.63. The molecule has 2 aromatic heterocycles. The number of aromatic nitrogens is 5. The van der Waals surface area contributed by atoms with Crippen LogP contribution in [0.1, 0.15) is 20.8 Å².